The van der Waals surface area contributed by atoms with Gasteiger partial charge in [0.15, 0.2) is 0 Å². The summed E-state index contributed by atoms with van der Waals surface area (Å²) < 4.78 is 39.2. The fraction of sp³-hybridized carbons (Fsp3) is 0.100. The lowest BCUT2D eigenvalue weighted by atomic mass is 10.0. The van der Waals surface area contributed by atoms with Crippen molar-refractivity contribution in [3.63, 3.8) is 0 Å². The molecule has 2 heterocycles. The number of aliphatic imine (C=N–C) groups is 1. The van der Waals surface area contributed by atoms with Crippen molar-refractivity contribution in [1.82, 2.24) is 9.29 Å². The van der Waals surface area contributed by atoms with Crippen LogP contribution in [0.15, 0.2) is 69.4 Å². The van der Waals surface area contributed by atoms with Crippen molar-refractivity contribution in [3.8, 4) is 11.1 Å². The van der Waals surface area contributed by atoms with Crippen LogP contribution in [0.4, 0.5) is 10.1 Å². The van der Waals surface area contributed by atoms with Gasteiger partial charge in [0.1, 0.15) is 10.7 Å². The van der Waals surface area contributed by atoms with E-state index in [2.05, 4.69) is 15.0 Å². The van der Waals surface area contributed by atoms with Gasteiger partial charge in [0.05, 0.1) is 17.3 Å². The van der Waals surface area contributed by atoms with Gasteiger partial charge in [-0.05, 0) is 18.2 Å². The first-order valence-electron chi connectivity index (χ1n) is 8.87. The van der Waals surface area contributed by atoms with Crippen molar-refractivity contribution >= 4 is 34.0 Å². The Morgan fingerprint density at radius 2 is 1.87 bits per heavy atom. The first-order chi connectivity index (χ1) is 14.3. The molecule has 0 unspecified atom stereocenters. The molecule has 4 rings (SSSR count). The van der Waals surface area contributed by atoms with E-state index in [1.165, 1.54) is 16.7 Å². The Labute approximate surface area is 178 Å². The van der Waals surface area contributed by atoms with E-state index in [1.807, 2.05) is 0 Å². The van der Waals surface area contributed by atoms with E-state index in [1.54, 1.807) is 49.6 Å². The van der Waals surface area contributed by atoms with Crippen LogP contribution in [-0.4, -0.2) is 19.6 Å². The van der Waals surface area contributed by atoms with Crippen molar-refractivity contribution in [3.05, 3.63) is 81.5 Å². The van der Waals surface area contributed by atoms with E-state index in [4.69, 9.17) is 11.6 Å². The zero-order valence-electron chi connectivity index (χ0n) is 15.8. The highest BCUT2D eigenvalue weighted by molar-refractivity contribution is 8.23. The van der Waals surface area contributed by atoms with Crippen LogP contribution in [0.1, 0.15) is 5.56 Å². The van der Waals surface area contributed by atoms with E-state index in [0.717, 1.165) is 0 Å². The highest BCUT2D eigenvalue weighted by Crippen LogP contribution is 2.53. The van der Waals surface area contributed by atoms with Gasteiger partial charge in [-0.15, -0.1) is 0 Å². The molecule has 0 amide bonds. The number of fused-ring (bicyclic) bond motifs is 1. The molecule has 7 nitrogen and oxygen atoms in total. The molecule has 10 heteroatoms. The molecule has 0 fully saturated rings. The molecule has 0 bridgehead atoms. The fourth-order valence-electron chi connectivity index (χ4n) is 3.18. The minimum Gasteiger partial charge on any atom is -0.323 e. The Kier molecular flexibility index (Phi) is 5.29. The molecule has 1 aliphatic rings. The molecule has 156 valence electrons. The molecule has 1 aliphatic heterocycles. The Morgan fingerprint density at radius 3 is 2.67 bits per heavy atom. The van der Waals surface area contributed by atoms with Gasteiger partial charge in [-0.2, -0.15) is 0 Å². The average molecular weight is 449 g/mol. The summed E-state index contributed by atoms with van der Waals surface area (Å²) in [5.74, 6) is -0.505. The van der Waals surface area contributed by atoms with E-state index >= 15 is 0 Å². The molecule has 0 atom stereocenters. The summed E-state index contributed by atoms with van der Waals surface area (Å²) in [5, 5.41) is 2.95. The molecule has 0 saturated carbocycles. The Hall–Kier alpha value is -2.85. The van der Waals surface area contributed by atoms with Crippen LogP contribution in [0.25, 0.3) is 11.1 Å². The number of nitrogens with one attached hydrogen (secondary N) is 2. The van der Waals surface area contributed by atoms with Crippen molar-refractivity contribution in [2.75, 3.05) is 5.32 Å². The molecule has 1 aromatic heterocycles. The third-order valence-electron chi connectivity index (χ3n) is 4.67. The number of nitrogens with zero attached hydrogens (tertiary/aromatic N) is 2. The van der Waals surface area contributed by atoms with E-state index in [9.17, 15) is 18.3 Å². The zero-order valence-corrected chi connectivity index (χ0v) is 17.3. The van der Waals surface area contributed by atoms with Gasteiger partial charge in [-0.3, -0.25) is 13.9 Å². The molecule has 0 spiro atoms. The van der Waals surface area contributed by atoms with Crippen LogP contribution < -0.4 is 15.6 Å². The van der Waals surface area contributed by atoms with Gasteiger partial charge in [0.25, 0.3) is 5.56 Å². The van der Waals surface area contributed by atoms with Crippen molar-refractivity contribution in [1.29, 1.82) is 0 Å². The van der Waals surface area contributed by atoms with E-state index < -0.39 is 16.6 Å². The molecule has 4 N–H and O–H groups in total. The Balaban J connectivity index is 1.77. The number of aryl methyl sites for hydroxylation is 1. The van der Waals surface area contributed by atoms with Crippen LogP contribution in [0.3, 0.4) is 0 Å². The highest BCUT2D eigenvalue weighted by atomic mass is 35.5. The maximum absolute atomic E-state index is 14.0. The maximum atomic E-state index is 14.0. The molecule has 0 radical (unpaired) electrons. The summed E-state index contributed by atoms with van der Waals surface area (Å²) in [4.78, 5) is 16.7. The number of hydrogen-bond acceptors (Lipinski definition) is 4. The number of anilines is 1. The number of halogens is 2. The first-order valence-corrected chi connectivity index (χ1v) is 10.8. The van der Waals surface area contributed by atoms with Crippen LogP contribution in [-0.2, 0) is 13.6 Å². The standard InChI is InChI=1S/C20H18ClFN4O3S/c1-26-10-4-5-12(19(26)27)11-23-20-24-18-14(13-6-2-8-15(22)17(13)21)7-3-9-16(18)30(28,29)25-20/h2-10,28-29H,11H2,1H3,(H2,23,24,25). The van der Waals surface area contributed by atoms with Crippen molar-refractivity contribution in [2.24, 2.45) is 12.0 Å². The number of guanidine groups is 1. The van der Waals surface area contributed by atoms with Crippen molar-refractivity contribution in [2.45, 2.75) is 11.4 Å². The Morgan fingerprint density at radius 1 is 1.13 bits per heavy atom. The number of pyridine rings is 1. The summed E-state index contributed by atoms with van der Waals surface area (Å²) in [6.45, 7) is 0.0244. The molecule has 0 aliphatic carbocycles. The summed E-state index contributed by atoms with van der Waals surface area (Å²) in [5.41, 5.74) is 1.48. The second-order valence-electron chi connectivity index (χ2n) is 6.67. The predicted molar refractivity (Wildman–Crippen MR) is 118 cm³/mol. The number of hydrogen-bond donors (Lipinski definition) is 4. The highest BCUT2D eigenvalue weighted by Gasteiger charge is 2.30. The van der Waals surface area contributed by atoms with Crippen LogP contribution in [0, 0.1) is 5.82 Å². The summed E-state index contributed by atoms with van der Waals surface area (Å²) in [7, 11) is -1.79. The van der Waals surface area contributed by atoms with Crippen LogP contribution >= 0.6 is 22.4 Å². The van der Waals surface area contributed by atoms with Crippen LogP contribution in [0.5, 0.6) is 0 Å². The second-order valence-corrected chi connectivity index (χ2v) is 8.79. The lowest BCUT2D eigenvalue weighted by Crippen LogP contribution is -2.38. The summed E-state index contributed by atoms with van der Waals surface area (Å²) in [6.07, 6.45) is 1.64. The zero-order chi connectivity index (χ0) is 21.5. The fourth-order valence-corrected chi connectivity index (χ4v) is 4.61. The third kappa shape index (κ3) is 3.68. The number of aromatic nitrogens is 1. The van der Waals surface area contributed by atoms with E-state index in [-0.39, 0.29) is 28.0 Å². The lowest BCUT2D eigenvalue weighted by molar-refractivity contribution is 0.480. The molecule has 3 aromatic rings. The average Bonchev–Trinajstić information content (AvgIpc) is 2.70. The third-order valence-corrected chi connectivity index (χ3v) is 6.48. The minimum absolute atomic E-state index is 0.0244. The number of benzene rings is 2. The topological polar surface area (TPSA) is 98.9 Å². The van der Waals surface area contributed by atoms with E-state index in [0.29, 0.717) is 22.4 Å². The van der Waals surface area contributed by atoms with Gasteiger partial charge < -0.3 is 9.88 Å². The molecule has 2 aromatic carbocycles. The largest absolute Gasteiger partial charge is 0.323 e. The first kappa shape index (κ1) is 20.4. The number of rotatable bonds is 3. The van der Waals surface area contributed by atoms with Gasteiger partial charge in [0, 0.05) is 29.9 Å². The van der Waals surface area contributed by atoms with Gasteiger partial charge in [0.2, 0.25) is 5.96 Å². The van der Waals surface area contributed by atoms with Crippen molar-refractivity contribution < 1.29 is 13.5 Å². The van der Waals surface area contributed by atoms with Crippen LogP contribution in [0.2, 0.25) is 5.02 Å². The second kappa shape index (κ2) is 7.77. The van der Waals surface area contributed by atoms with Gasteiger partial charge in [-0.1, -0.05) is 52.7 Å². The number of para-hydroxylation sites is 1. The lowest BCUT2D eigenvalue weighted by Gasteiger charge is -2.40. The predicted octanol–water partition coefficient (Wildman–Crippen LogP) is 4.44. The SMILES string of the molecule is Cn1cccc(CN=C2Nc3c(-c4cccc(F)c4Cl)cccc3S(O)(O)N2)c1=O. The summed E-state index contributed by atoms with van der Waals surface area (Å²) >= 11 is 6.15. The normalized spacial score (nSPS) is 17.0. The quantitative estimate of drug-likeness (QED) is 0.474. The molecular formula is C20H18ClFN4O3S. The molecule has 30 heavy (non-hydrogen) atoms. The Bertz CT molecular complexity index is 1230. The molecule has 0 saturated heterocycles. The molecular weight excluding hydrogens is 431 g/mol. The maximum Gasteiger partial charge on any atom is 0.255 e. The van der Waals surface area contributed by atoms with Gasteiger partial charge >= 0.3 is 0 Å². The monoisotopic (exact) mass is 448 g/mol. The van der Waals surface area contributed by atoms with Gasteiger partial charge in [-0.25, -0.2) is 14.1 Å². The minimum atomic E-state index is -3.43. The smallest absolute Gasteiger partial charge is 0.255 e. The summed E-state index contributed by atoms with van der Waals surface area (Å²) in [6, 6.07) is 12.7.